The van der Waals surface area contributed by atoms with Crippen molar-refractivity contribution in [3.05, 3.63) is 99.8 Å². The summed E-state index contributed by atoms with van der Waals surface area (Å²) in [5.41, 5.74) is 2.47. The third kappa shape index (κ3) is 6.25. The summed E-state index contributed by atoms with van der Waals surface area (Å²) >= 11 is 12.0. The molecule has 174 valence electrons. The Morgan fingerprint density at radius 2 is 1.79 bits per heavy atom. The van der Waals surface area contributed by atoms with Crippen molar-refractivity contribution in [2.75, 3.05) is 13.1 Å². The van der Waals surface area contributed by atoms with Crippen molar-refractivity contribution in [1.82, 2.24) is 9.88 Å². The van der Waals surface area contributed by atoms with Crippen LogP contribution in [0, 0.1) is 5.92 Å². The van der Waals surface area contributed by atoms with Gasteiger partial charge in [0.05, 0.1) is 10.0 Å². The first kappa shape index (κ1) is 24.0. The summed E-state index contributed by atoms with van der Waals surface area (Å²) < 4.78 is 5.76. The Balaban J connectivity index is 1.26. The summed E-state index contributed by atoms with van der Waals surface area (Å²) in [5.74, 6) is 0.620. The maximum atomic E-state index is 12.8. The van der Waals surface area contributed by atoms with Crippen LogP contribution in [0.5, 0.6) is 5.75 Å². The molecule has 0 atom stereocenters. The molecular formula is C27H24Cl2N2O3. The standard InChI is InChI=1S/C27H24Cl2N2O3/c28-24-9-6-22(16-25(24)29)27(33)21-11-14-31(15-12-21)26(32)10-5-19-3-7-23(8-4-19)34-18-20-2-1-13-30-17-20/h1-10,13,16-17,21H,11-12,14-15,18H2. The number of ketones is 1. The van der Waals surface area contributed by atoms with Gasteiger partial charge in [-0.15, -0.1) is 0 Å². The average Bonchev–Trinajstić information content (AvgIpc) is 2.88. The number of carbonyl (C=O) groups is 2. The molecule has 1 aliphatic rings. The molecule has 0 spiro atoms. The Morgan fingerprint density at radius 1 is 1.03 bits per heavy atom. The third-order valence-corrected chi connectivity index (χ3v) is 6.55. The molecular weight excluding hydrogens is 471 g/mol. The number of Topliss-reactive ketones (excluding diaryl/α,β-unsaturated/α-hetero) is 1. The summed E-state index contributed by atoms with van der Waals surface area (Å²) in [7, 11) is 0. The Hall–Kier alpha value is -3.15. The number of rotatable bonds is 7. The molecule has 1 amide bonds. The highest BCUT2D eigenvalue weighted by Crippen LogP contribution is 2.27. The molecule has 4 rings (SSSR count). The lowest BCUT2D eigenvalue weighted by Gasteiger charge is -2.30. The van der Waals surface area contributed by atoms with Gasteiger partial charge in [-0.25, -0.2) is 0 Å². The number of benzene rings is 2. The maximum absolute atomic E-state index is 12.8. The van der Waals surface area contributed by atoms with Gasteiger partial charge in [-0.3, -0.25) is 14.6 Å². The molecule has 2 heterocycles. The maximum Gasteiger partial charge on any atom is 0.246 e. The highest BCUT2D eigenvalue weighted by Gasteiger charge is 2.27. The lowest BCUT2D eigenvalue weighted by Crippen LogP contribution is -2.39. The molecule has 0 saturated carbocycles. The van der Waals surface area contributed by atoms with E-state index in [1.54, 1.807) is 47.6 Å². The number of pyridine rings is 1. The Labute approximate surface area is 209 Å². The van der Waals surface area contributed by atoms with Gasteiger partial charge < -0.3 is 9.64 Å². The quantitative estimate of drug-likeness (QED) is 0.294. The van der Waals surface area contributed by atoms with E-state index >= 15 is 0 Å². The normalized spacial score (nSPS) is 14.4. The molecule has 3 aromatic rings. The van der Waals surface area contributed by atoms with Gasteiger partial charge in [0.25, 0.3) is 0 Å². The van der Waals surface area contributed by atoms with E-state index in [2.05, 4.69) is 4.98 Å². The number of halogens is 2. The van der Waals surface area contributed by atoms with E-state index in [0.29, 0.717) is 48.1 Å². The van der Waals surface area contributed by atoms with E-state index in [1.807, 2.05) is 36.4 Å². The van der Waals surface area contributed by atoms with Gasteiger partial charge in [-0.2, -0.15) is 0 Å². The van der Waals surface area contributed by atoms with Crippen molar-refractivity contribution in [3.8, 4) is 5.75 Å². The van der Waals surface area contributed by atoms with Crippen LogP contribution in [0.4, 0.5) is 0 Å². The van der Waals surface area contributed by atoms with E-state index in [1.165, 1.54) is 0 Å². The second-order valence-corrected chi connectivity index (χ2v) is 8.96. The molecule has 5 nitrogen and oxygen atoms in total. The highest BCUT2D eigenvalue weighted by molar-refractivity contribution is 6.42. The zero-order chi connectivity index (χ0) is 23.9. The van der Waals surface area contributed by atoms with Gasteiger partial charge >= 0.3 is 0 Å². The summed E-state index contributed by atoms with van der Waals surface area (Å²) in [6.45, 7) is 1.54. The van der Waals surface area contributed by atoms with E-state index < -0.39 is 0 Å². The van der Waals surface area contributed by atoms with Gasteiger partial charge in [-0.1, -0.05) is 41.4 Å². The molecule has 0 radical (unpaired) electrons. The minimum Gasteiger partial charge on any atom is -0.489 e. The molecule has 7 heteroatoms. The minimum absolute atomic E-state index is 0.0482. The van der Waals surface area contributed by atoms with E-state index in [4.69, 9.17) is 27.9 Å². The van der Waals surface area contributed by atoms with Crippen molar-refractivity contribution in [2.24, 2.45) is 5.92 Å². The predicted molar refractivity (Wildman–Crippen MR) is 134 cm³/mol. The molecule has 0 aliphatic carbocycles. The van der Waals surface area contributed by atoms with Gasteiger partial charge in [0.15, 0.2) is 5.78 Å². The van der Waals surface area contributed by atoms with Crippen LogP contribution >= 0.6 is 23.2 Å². The van der Waals surface area contributed by atoms with Crippen LogP contribution in [0.25, 0.3) is 6.08 Å². The molecule has 2 aromatic carbocycles. The van der Waals surface area contributed by atoms with Crippen LogP contribution in [0.15, 0.2) is 73.1 Å². The highest BCUT2D eigenvalue weighted by atomic mass is 35.5. The van der Waals surface area contributed by atoms with Gasteiger partial charge in [-0.05, 0) is 60.9 Å². The molecule has 1 aromatic heterocycles. The predicted octanol–water partition coefficient (Wildman–Crippen LogP) is 6.10. The van der Waals surface area contributed by atoms with Crippen molar-refractivity contribution < 1.29 is 14.3 Å². The number of hydrogen-bond acceptors (Lipinski definition) is 4. The number of nitrogens with zero attached hydrogens (tertiary/aromatic N) is 2. The number of ether oxygens (including phenoxy) is 1. The van der Waals surface area contributed by atoms with Crippen molar-refractivity contribution in [1.29, 1.82) is 0 Å². The van der Waals surface area contributed by atoms with Crippen LogP contribution in [-0.4, -0.2) is 34.7 Å². The van der Waals surface area contributed by atoms with Crippen LogP contribution in [0.3, 0.4) is 0 Å². The molecule has 34 heavy (non-hydrogen) atoms. The van der Waals surface area contributed by atoms with E-state index in [-0.39, 0.29) is 17.6 Å². The van der Waals surface area contributed by atoms with E-state index in [0.717, 1.165) is 16.9 Å². The van der Waals surface area contributed by atoms with Crippen LogP contribution in [0.2, 0.25) is 10.0 Å². The second kappa shape index (κ2) is 11.3. The SMILES string of the molecule is O=C(c1ccc(Cl)c(Cl)c1)C1CCN(C(=O)C=Cc2ccc(OCc3cccnc3)cc2)CC1. The van der Waals surface area contributed by atoms with E-state index in [9.17, 15) is 9.59 Å². The number of amides is 1. The number of hydrogen-bond donors (Lipinski definition) is 0. The van der Waals surface area contributed by atoms with Crippen molar-refractivity contribution in [2.45, 2.75) is 19.4 Å². The molecule has 1 saturated heterocycles. The summed E-state index contributed by atoms with van der Waals surface area (Å²) in [6, 6.07) is 16.4. The zero-order valence-corrected chi connectivity index (χ0v) is 20.0. The zero-order valence-electron chi connectivity index (χ0n) is 18.5. The second-order valence-electron chi connectivity index (χ2n) is 8.15. The number of piperidine rings is 1. The molecule has 0 bridgehead atoms. The smallest absolute Gasteiger partial charge is 0.246 e. The first-order chi connectivity index (χ1) is 16.5. The van der Waals surface area contributed by atoms with Gasteiger partial charge in [0.1, 0.15) is 12.4 Å². The molecule has 0 unspecified atom stereocenters. The van der Waals surface area contributed by atoms with Crippen LogP contribution in [0.1, 0.15) is 34.3 Å². The monoisotopic (exact) mass is 494 g/mol. The van der Waals surface area contributed by atoms with Gasteiger partial charge in [0, 0.05) is 48.6 Å². The third-order valence-electron chi connectivity index (χ3n) is 5.81. The van der Waals surface area contributed by atoms with Gasteiger partial charge in [0.2, 0.25) is 5.91 Å². The Bertz CT molecular complexity index is 1170. The lowest BCUT2D eigenvalue weighted by atomic mass is 9.89. The molecule has 1 aliphatic heterocycles. The van der Waals surface area contributed by atoms with Crippen molar-refractivity contribution in [3.63, 3.8) is 0 Å². The first-order valence-corrected chi connectivity index (χ1v) is 11.8. The first-order valence-electron chi connectivity index (χ1n) is 11.1. The summed E-state index contributed by atoms with van der Waals surface area (Å²) in [4.78, 5) is 31.2. The molecule has 0 N–H and O–H groups in total. The topological polar surface area (TPSA) is 59.5 Å². The number of aromatic nitrogens is 1. The Kier molecular flexibility index (Phi) is 7.99. The fourth-order valence-electron chi connectivity index (χ4n) is 3.85. The Morgan fingerprint density at radius 3 is 2.47 bits per heavy atom. The average molecular weight is 495 g/mol. The number of carbonyl (C=O) groups excluding carboxylic acids is 2. The van der Waals surface area contributed by atoms with Crippen LogP contribution in [-0.2, 0) is 11.4 Å². The van der Waals surface area contributed by atoms with Crippen molar-refractivity contribution >= 4 is 41.0 Å². The summed E-state index contributed by atoms with van der Waals surface area (Å²) in [6.07, 6.45) is 8.12. The molecule has 1 fully saturated rings. The largest absolute Gasteiger partial charge is 0.489 e. The van der Waals surface area contributed by atoms with Crippen LogP contribution < -0.4 is 4.74 Å². The fraction of sp³-hybridized carbons (Fsp3) is 0.222. The fourth-order valence-corrected chi connectivity index (χ4v) is 4.14. The lowest BCUT2D eigenvalue weighted by molar-refractivity contribution is -0.127. The number of likely N-dealkylation sites (tertiary alicyclic amines) is 1. The minimum atomic E-state index is -0.121. The summed E-state index contributed by atoms with van der Waals surface area (Å²) in [5, 5.41) is 0.802.